The van der Waals surface area contributed by atoms with Crippen LogP contribution < -0.4 is 16.4 Å². The fourth-order valence-electron chi connectivity index (χ4n) is 3.30. The molecule has 1 aliphatic carbocycles. The van der Waals surface area contributed by atoms with Crippen LogP contribution in [0.2, 0.25) is 0 Å². The summed E-state index contributed by atoms with van der Waals surface area (Å²) in [5.74, 6) is 0.422. The Labute approximate surface area is 196 Å². The lowest BCUT2D eigenvalue weighted by Gasteiger charge is -2.14. The second-order valence-corrected chi connectivity index (χ2v) is 7.18. The number of nitrogens with one attached hydrogen (secondary N) is 2. The Morgan fingerprint density at radius 3 is 2.41 bits per heavy atom. The van der Waals surface area contributed by atoms with Crippen molar-refractivity contribution in [2.24, 2.45) is 11.7 Å². The van der Waals surface area contributed by atoms with Crippen molar-refractivity contribution in [2.75, 3.05) is 13.6 Å². The molecular weight excluding hydrogens is 394 g/mol. The van der Waals surface area contributed by atoms with Crippen molar-refractivity contribution in [2.45, 2.75) is 67.2 Å². The first-order valence-corrected chi connectivity index (χ1v) is 11.9. The smallest absolute Gasteiger partial charge is 0.116 e. The highest BCUT2D eigenvalue weighted by molar-refractivity contribution is 5.61. The summed E-state index contributed by atoms with van der Waals surface area (Å²) in [6.45, 7) is 17.3. The summed E-state index contributed by atoms with van der Waals surface area (Å²) >= 11 is 0. The van der Waals surface area contributed by atoms with Gasteiger partial charge in [0.2, 0.25) is 0 Å². The number of rotatable bonds is 9. The average Bonchev–Trinajstić information content (AvgIpc) is 3.02. The number of likely N-dealkylation sites (N-methyl/N-ethyl adjacent to an activating group) is 1. The molecule has 2 rings (SSSR count). The Bertz CT molecular complexity index is 783. The van der Waals surface area contributed by atoms with E-state index in [0.717, 1.165) is 49.3 Å². The second kappa shape index (κ2) is 17.8. The number of nitrogens with two attached hydrogens (primary N) is 1. The van der Waals surface area contributed by atoms with Gasteiger partial charge < -0.3 is 16.4 Å². The van der Waals surface area contributed by atoms with Crippen LogP contribution in [0, 0.1) is 12.8 Å². The van der Waals surface area contributed by atoms with Gasteiger partial charge in [0.1, 0.15) is 6.33 Å². The Morgan fingerprint density at radius 2 is 1.84 bits per heavy atom. The number of aryl methyl sites for hydroxylation is 1. The monoisotopic (exact) mass is 439 g/mol. The number of allylic oxidation sites excluding steroid dienone is 6. The quantitative estimate of drug-likeness (QED) is 0.452. The van der Waals surface area contributed by atoms with Crippen LogP contribution in [0.3, 0.4) is 0 Å². The zero-order valence-corrected chi connectivity index (χ0v) is 21.3. The van der Waals surface area contributed by atoms with Gasteiger partial charge in [0.25, 0.3) is 0 Å². The molecule has 1 aromatic heterocycles. The van der Waals surface area contributed by atoms with Crippen molar-refractivity contribution in [1.82, 2.24) is 20.6 Å². The van der Waals surface area contributed by atoms with Gasteiger partial charge in [-0.1, -0.05) is 65.0 Å². The summed E-state index contributed by atoms with van der Waals surface area (Å²) in [6.07, 6.45) is 18.2. The normalized spacial score (nSPS) is 14.8. The molecule has 0 fully saturated rings. The molecule has 0 radical (unpaired) electrons. The molecule has 1 aliphatic rings. The van der Waals surface area contributed by atoms with E-state index in [1.54, 1.807) is 12.4 Å². The van der Waals surface area contributed by atoms with E-state index in [4.69, 9.17) is 5.73 Å². The van der Waals surface area contributed by atoms with E-state index < -0.39 is 0 Å². The summed E-state index contributed by atoms with van der Waals surface area (Å²) in [5.41, 5.74) is 11.5. The molecule has 1 unspecified atom stereocenters. The maximum absolute atomic E-state index is 4.85. The van der Waals surface area contributed by atoms with Gasteiger partial charge in [0.15, 0.2) is 0 Å². The summed E-state index contributed by atoms with van der Waals surface area (Å²) < 4.78 is 0. The minimum Gasteiger partial charge on any atom is -0.405 e. The molecule has 0 amide bonds. The van der Waals surface area contributed by atoms with E-state index in [1.807, 2.05) is 34.7 Å². The molecular formula is C27H45N5. The Morgan fingerprint density at radius 1 is 1.19 bits per heavy atom. The fraction of sp³-hybridized carbons (Fsp3) is 0.481. The molecule has 178 valence electrons. The average molecular weight is 440 g/mol. The van der Waals surface area contributed by atoms with Crippen LogP contribution in [0.1, 0.15) is 70.8 Å². The molecule has 4 N–H and O–H groups in total. The van der Waals surface area contributed by atoms with Crippen molar-refractivity contribution in [3.05, 3.63) is 77.7 Å². The molecule has 0 bridgehead atoms. The summed E-state index contributed by atoms with van der Waals surface area (Å²) in [7, 11) is 1.99. The Balaban J connectivity index is 0.00000144. The Kier molecular flexibility index (Phi) is 16.2. The van der Waals surface area contributed by atoms with Crippen LogP contribution in [0.4, 0.5) is 0 Å². The molecule has 1 atom stereocenters. The lowest BCUT2D eigenvalue weighted by Crippen LogP contribution is -2.17. The van der Waals surface area contributed by atoms with Gasteiger partial charge in [-0.3, -0.25) is 0 Å². The number of hydrogen-bond donors (Lipinski definition) is 3. The zero-order chi connectivity index (χ0) is 24.4. The molecule has 0 spiro atoms. The van der Waals surface area contributed by atoms with Gasteiger partial charge in [0, 0.05) is 30.5 Å². The lowest BCUT2D eigenvalue weighted by atomic mass is 10.0. The van der Waals surface area contributed by atoms with Crippen molar-refractivity contribution >= 4 is 5.70 Å². The van der Waals surface area contributed by atoms with E-state index in [9.17, 15) is 0 Å². The Hall–Kier alpha value is -2.82. The highest BCUT2D eigenvalue weighted by atomic mass is 14.9. The van der Waals surface area contributed by atoms with Gasteiger partial charge >= 0.3 is 0 Å². The van der Waals surface area contributed by atoms with E-state index in [-0.39, 0.29) is 0 Å². The first kappa shape index (κ1) is 29.2. The number of nitrogens with zero attached hydrogens (tertiary/aromatic N) is 2. The first-order chi connectivity index (χ1) is 15.5. The minimum atomic E-state index is 0.422. The third kappa shape index (κ3) is 9.99. The van der Waals surface area contributed by atoms with Crippen LogP contribution in [-0.4, -0.2) is 23.6 Å². The van der Waals surface area contributed by atoms with Gasteiger partial charge in [-0.25, -0.2) is 9.97 Å². The summed E-state index contributed by atoms with van der Waals surface area (Å²) in [4.78, 5) is 8.71. The number of aromatic nitrogens is 2. The molecule has 1 heterocycles. The topological polar surface area (TPSA) is 75.9 Å². The molecule has 1 aromatic rings. The van der Waals surface area contributed by atoms with Crippen LogP contribution in [0.5, 0.6) is 0 Å². The van der Waals surface area contributed by atoms with E-state index in [1.165, 1.54) is 23.0 Å². The highest BCUT2D eigenvalue weighted by Gasteiger charge is 2.11. The maximum Gasteiger partial charge on any atom is 0.116 e. The third-order valence-corrected chi connectivity index (χ3v) is 5.00. The van der Waals surface area contributed by atoms with Gasteiger partial charge in [0.05, 0.1) is 11.4 Å². The van der Waals surface area contributed by atoms with Crippen molar-refractivity contribution in [1.29, 1.82) is 0 Å². The molecule has 5 heteroatoms. The SMILES string of the molecule is C/C=C/N.C=C(NCCC1C=CC(CCC)=C(NC)C=C1)c1ncnc(C)c1CC.CC. The van der Waals surface area contributed by atoms with E-state index >= 15 is 0 Å². The molecule has 0 saturated heterocycles. The van der Waals surface area contributed by atoms with E-state index in [0.29, 0.717) is 5.92 Å². The predicted molar refractivity (Wildman–Crippen MR) is 141 cm³/mol. The van der Waals surface area contributed by atoms with Gasteiger partial charge in [-0.05, 0) is 56.9 Å². The van der Waals surface area contributed by atoms with Crippen molar-refractivity contribution < 1.29 is 0 Å². The third-order valence-electron chi connectivity index (χ3n) is 5.00. The largest absolute Gasteiger partial charge is 0.405 e. The number of hydrogen-bond acceptors (Lipinski definition) is 5. The maximum atomic E-state index is 4.85. The fourth-order valence-corrected chi connectivity index (χ4v) is 3.30. The van der Waals surface area contributed by atoms with Crippen LogP contribution in [0.15, 0.2) is 60.8 Å². The van der Waals surface area contributed by atoms with Crippen LogP contribution >= 0.6 is 0 Å². The first-order valence-electron chi connectivity index (χ1n) is 11.9. The van der Waals surface area contributed by atoms with Crippen LogP contribution in [0.25, 0.3) is 5.70 Å². The molecule has 5 nitrogen and oxygen atoms in total. The molecule has 0 aliphatic heterocycles. The van der Waals surface area contributed by atoms with Gasteiger partial charge in [-0.2, -0.15) is 0 Å². The van der Waals surface area contributed by atoms with Crippen LogP contribution in [-0.2, 0) is 6.42 Å². The minimum absolute atomic E-state index is 0.422. The second-order valence-electron chi connectivity index (χ2n) is 7.18. The molecule has 0 saturated carbocycles. The highest BCUT2D eigenvalue weighted by Crippen LogP contribution is 2.21. The zero-order valence-electron chi connectivity index (χ0n) is 21.3. The van der Waals surface area contributed by atoms with Gasteiger partial charge in [-0.15, -0.1) is 0 Å². The molecule has 32 heavy (non-hydrogen) atoms. The standard InChI is InChI=1S/C22H32N4.C3H7N.C2H6/c1-6-8-19-11-9-18(10-12-21(19)23-5)13-14-24-17(4)22-20(7-2)16(3)25-15-26-22;1-2-3-4;1-2/h9-12,15,18,23-24H,4,6-8,13-14H2,1-3,5H3;2-3H,4H2,1H3;1-2H3/b;3-2+;. The predicted octanol–water partition coefficient (Wildman–Crippen LogP) is 5.82. The van der Waals surface area contributed by atoms with Crippen molar-refractivity contribution in [3.63, 3.8) is 0 Å². The summed E-state index contributed by atoms with van der Waals surface area (Å²) in [5, 5.41) is 6.76. The summed E-state index contributed by atoms with van der Waals surface area (Å²) in [6, 6.07) is 0. The molecule has 0 aromatic carbocycles. The lowest BCUT2D eigenvalue weighted by molar-refractivity contribution is 0.676. The van der Waals surface area contributed by atoms with Crippen molar-refractivity contribution in [3.8, 4) is 0 Å². The van der Waals surface area contributed by atoms with E-state index in [2.05, 4.69) is 65.3 Å².